The van der Waals surface area contributed by atoms with Crippen LogP contribution in [-0.2, 0) is 9.47 Å². The van der Waals surface area contributed by atoms with E-state index in [2.05, 4.69) is 45.9 Å². The molecule has 18 heavy (non-hydrogen) atoms. The first kappa shape index (κ1) is 13.6. The Kier molecular flexibility index (Phi) is 3.79. The van der Waals surface area contributed by atoms with Crippen LogP contribution in [-0.4, -0.2) is 25.4 Å². The first-order chi connectivity index (χ1) is 8.46. The van der Waals surface area contributed by atoms with E-state index < -0.39 is 0 Å². The Labute approximate surface area is 110 Å². The van der Waals surface area contributed by atoms with Gasteiger partial charge in [0.1, 0.15) is 12.2 Å². The van der Waals surface area contributed by atoms with Crippen molar-refractivity contribution in [3.63, 3.8) is 0 Å². The minimum Gasteiger partial charge on any atom is -0.368 e. The third kappa shape index (κ3) is 2.32. The van der Waals surface area contributed by atoms with Crippen LogP contribution in [0.2, 0.25) is 0 Å². The van der Waals surface area contributed by atoms with Gasteiger partial charge in [-0.1, -0.05) is 39.0 Å². The van der Waals surface area contributed by atoms with Gasteiger partial charge < -0.3 is 9.47 Å². The monoisotopic (exact) mass is 248 g/mol. The highest BCUT2D eigenvalue weighted by atomic mass is 16.6. The molecule has 0 N–H and O–H groups in total. The van der Waals surface area contributed by atoms with Gasteiger partial charge in [-0.05, 0) is 36.0 Å². The Hall–Kier alpha value is -0.860. The molecule has 2 aliphatic rings. The quantitative estimate of drug-likeness (QED) is 0.705. The molecule has 1 fully saturated rings. The molecular weight excluding hydrogens is 224 g/mol. The van der Waals surface area contributed by atoms with Crippen molar-refractivity contribution in [3.8, 4) is 0 Å². The van der Waals surface area contributed by atoms with E-state index in [4.69, 9.17) is 9.47 Å². The van der Waals surface area contributed by atoms with Crippen molar-refractivity contribution in [1.82, 2.24) is 0 Å². The molecule has 0 saturated carbocycles. The fraction of sp³-hybridized carbons (Fsp3) is 0.625. The Bertz CT molecular complexity index is 407. The molecule has 100 valence electrons. The molecule has 2 atom stereocenters. The fourth-order valence-electron chi connectivity index (χ4n) is 3.04. The van der Waals surface area contributed by atoms with Crippen molar-refractivity contribution in [1.29, 1.82) is 0 Å². The third-order valence-corrected chi connectivity index (χ3v) is 3.59. The summed E-state index contributed by atoms with van der Waals surface area (Å²) in [5.41, 5.74) is 4.16. The van der Waals surface area contributed by atoms with Crippen LogP contribution < -0.4 is 0 Å². The van der Waals surface area contributed by atoms with Gasteiger partial charge in [0.25, 0.3) is 0 Å². The third-order valence-electron chi connectivity index (χ3n) is 3.59. The lowest BCUT2D eigenvalue weighted by molar-refractivity contribution is -0.104. The Morgan fingerprint density at radius 2 is 1.72 bits per heavy atom. The summed E-state index contributed by atoms with van der Waals surface area (Å²) in [7, 11) is 0. The average Bonchev–Trinajstić information content (AvgIpc) is 2.60. The maximum absolute atomic E-state index is 5.94. The highest BCUT2D eigenvalue weighted by Gasteiger charge is 2.43. The van der Waals surface area contributed by atoms with Crippen molar-refractivity contribution in [2.24, 2.45) is 5.41 Å². The van der Waals surface area contributed by atoms with Crippen LogP contribution in [0.15, 0.2) is 34.9 Å². The van der Waals surface area contributed by atoms with Crippen LogP contribution in [0.1, 0.15) is 34.6 Å². The zero-order chi connectivity index (χ0) is 13.3. The van der Waals surface area contributed by atoms with E-state index in [0.717, 1.165) is 0 Å². The van der Waals surface area contributed by atoms with E-state index in [9.17, 15) is 0 Å². The molecule has 0 spiro atoms. The van der Waals surface area contributed by atoms with Crippen LogP contribution in [0.25, 0.3) is 0 Å². The van der Waals surface area contributed by atoms with E-state index in [1.54, 1.807) is 0 Å². The minimum atomic E-state index is 0.0872. The predicted octanol–water partition coefficient (Wildman–Crippen LogP) is 3.65. The van der Waals surface area contributed by atoms with Crippen molar-refractivity contribution in [2.45, 2.75) is 46.8 Å². The highest BCUT2D eigenvalue weighted by molar-refractivity contribution is 5.51. The molecule has 2 heteroatoms. The van der Waals surface area contributed by atoms with E-state index in [1.165, 1.54) is 16.7 Å². The van der Waals surface area contributed by atoms with Gasteiger partial charge >= 0.3 is 0 Å². The standard InChI is InChI=1S/C16H24O2/c1-6-7-8-12-13(16(3,4)5)11(2)14-15(12)18-10-9-17-14/h6-8,14-15H,9-10H2,1-5H3/b7-6+,12-8+/t14-,15+/m0/s1. The van der Waals surface area contributed by atoms with E-state index in [0.29, 0.717) is 13.2 Å². The lowest BCUT2D eigenvalue weighted by atomic mass is 9.81. The minimum absolute atomic E-state index is 0.0872. The Morgan fingerprint density at radius 3 is 2.28 bits per heavy atom. The van der Waals surface area contributed by atoms with Gasteiger partial charge in [0.2, 0.25) is 0 Å². The molecule has 0 bridgehead atoms. The first-order valence-corrected chi connectivity index (χ1v) is 6.74. The van der Waals surface area contributed by atoms with Crippen LogP contribution >= 0.6 is 0 Å². The molecule has 0 amide bonds. The second-order valence-corrected chi connectivity index (χ2v) is 6.04. The number of rotatable bonds is 1. The zero-order valence-corrected chi connectivity index (χ0v) is 12.1. The van der Waals surface area contributed by atoms with Crippen molar-refractivity contribution in [3.05, 3.63) is 34.9 Å². The van der Waals surface area contributed by atoms with E-state index in [1.807, 2.05) is 6.92 Å². The number of hydrogen-bond acceptors (Lipinski definition) is 2. The summed E-state index contributed by atoms with van der Waals surface area (Å²) >= 11 is 0. The lowest BCUT2D eigenvalue weighted by Gasteiger charge is -2.29. The maximum atomic E-state index is 5.94. The Morgan fingerprint density at radius 1 is 1.11 bits per heavy atom. The summed E-state index contributed by atoms with van der Waals surface area (Å²) < 4.78 is 11.8. The van der Waals surface area contributed by atoms with Gasteiger partial charge in [-0.25, -0.2) is 0 Å². The average molecular weight is 248 g/mol. The molecule has 1 aliphatic carbocycles. The number of allylic oxidation sites excluding steroid dienone is 3. The van der Waals surface area contributed by atoms with E-state index >= 15 is 0 Å². The molecule has 0 aromatic rings. The van der Waals surface area contributed by atoms with Gasteiger partial charge in [-0.3, -0.25) is 0 Å². The van der Waals surface area contributed by atoms with Crippen molar-refractivity contribution in [2.75, 3.05) is 13.2 Å². The SMILES string of the molecule is C/C=C/C=C1\C(C(C)(C)C)=C(C)[C@@H]2OCCO[C@H]12. The van der Waals surface area contributed by atoms with Crippen LogP contribution in [0, 0.1) is 5.41 Å². The summed E-state index contributed by atoms with van der Waals surface area (Å²) in [4.78, 5) is 0. The summed E-state index contributed by atoms with van der Waals surface area (Å²) in [6, 6.07) is 0. The molecule has 2 nitrogen and oxygen atoms in total. The van der Waals surface area contributed by atoms with Gasteiger partial charge in [0.05, 0.1) is 13.2 Å². The molecule has 2 rings (SSSR count). The van der Waals surface area contributed by atoms with Crippen LogP contribution in [0.5, 0.6) is 0 Å². The molecule has 0 aromatic carbocycles. The lowest BCUT2D eigenvalue weighted by Crippen LogP contribution is -2.36. The summed E-state index contributed by atoms with van der Waals surface area (Å²) in [5.74, 6) is 0. The van der Waals surface area contributed by atoms with Gasteiger partial charge in [0.15, 0.2) is 0 Å². The van der Waals surface area contributed by atoms with Gasteiger partial charge in [-0.15, -0.1) is 0 Å². The molecule has 0 radical (unpaired) electrons. The van der Waals surface area contributed by atoms with E-state index in [-0.39, 0.29) is 17.6 Å². The maximum Gasteiger partial charge on any atom is 0.113 e. The van der Waals surface area contributed by atoms with Crippen LogP contribution in [0.4, 0.5) is 0 Å². The number of hydrogen-bond donors (Lipinski definition) is 0. The summed E-state index contributed by atoms with van der Waals surface area (Å²) in [5, 5.41) is 0. The van der Waals surface area contributed by atoms with Crippen molar-refractivity contribution >= 4 is 0 Å². The molecular formula is C16H24O2. The summed E-state index contributed by atoms with van der Waals surface area (Å²) in [6.07, 6.45) is 6.53. The van der Waals surface area contributed by atoms with Crippen molar-refractivity contribution < 1.29 is 9.47 Å². The molecule has 1 aliphatic heterocycles. The summed E-state index contributed by atoms with van der Waals surface area (Å²) in [6.45, 7) is 12.4. The number of ether oxygens (including phenoxy) is 2. The Balaban J connectivity index is 2.46. The fourth-order valence-corrected chi connectivity index (χ4v) is 3.04. The number of fused-ring (bicyclic) bond motifs is 1. The molecule has 1 heterocycles. The normalized spacial score (nSPS) is 31.5. The smallest absolute Gasteiger partial charge is 0.113 e. The molecule has 0 unspecified atom stereocenters. The first-order valence-electron chi connectivity index (χ1n) is 6.74. The second kappa shape index (κ2) is 5.02. The van der Waals surface area contributed by atoms with Crippen LogP contribution in [0.3, 0.4) is 0 Å². The second-order valence-electron chi connectivity index (χ2n) is 6.04. The topological polar surface area (TPSA) is 18.5 Å². The highest BCUT2D eigenvalue weighted by Crippen LogP contribution is 2.45. The molecule has 0 aromatic heterocycles. The molecule has 1 saturated heterocycles. The zero-order valence-electron chi connectivity index (χ0n) is 12.1. The van der Waals surface area contributed by atoms with Gasteiger partial charge in [-0.2, -0.15) is 0 Å². The largest absolute Gasteiger partial charge is 0.368 e. The van der Waals surface area contributed by atoms with Gasteiger partial charge in [0, 0.05) is 0 Å². The predicted molar refractivity (Wildman–Crippen MR) is 74.5 cm³/mol.